The Kier molecular flexibility index (Phi) is 9.92. The van der Waals surface area contributed by atoms with E-state index in [0.29, 0.717) is 20.9 Å². The first-order valence-corrected chi connectivity index (χ1v) is 18.5. The predicted octanol–water partition coefficient (Wildman–Crippen LogP) is 4.93. The number of benzene rings is 3. The third-order valence-electron chi connectivity index (χ3n) is 11.8. The highest BCUT2D eigenvalue weighted by Gasteiger charge is 2.63. The van der Waals surface area contributed by atoms with E-state index in [1.807, 2.05) is 0 Å². The van der Waals surface area contributed by atoms with Crippen molar-refractivity contribution < 1.29 is 44.0 Å². The van der Waals surface area contributed by atoms with E-state index in [9.17, 15) is 64.7 Å². The maximum atomic E-state index is 14.7. The SMILES string of the molecule is C=CCc1cccc(C2C3=CCC4C(=O)N(c5cc([N+](=O)[O-])c(N(C)C)c([N+](=O)[O-])c5)C(=O)C4C3CC3C(=O)N(c4cc([N+](=O)[O-])c(N(C)C)c([N+](=O)[O-])c4)C(=O)C32)c1O. The zero-order chi connectivity index (χ0) is 43.8. The Morgan fingerprint density at radius 2 is 1.15 bits per heavy atom. The molecule has 2 aliphatic carbocycles. The summed E-state index contributed by atoms with van der Waals surface area (Å²) in [5.74, 6) is -10.6. The fraction of sp³-hybridized carbons (Fsp3) is 0.333. The van der Waals surface area contributed by atoms with Crippen LogP contribution < -0.4 is 19.6 Å². The highest BCUT2D eigenvalue weighted by molar-refractivity contribution is 6.24. The van der Waals surface area contributed by atoms with Crippen LogP contribution in [-0.4, -0.2) is 76.6 Å². The Hall–Kier alpha value is -7.58. The number of hydrogen-bond donors (Lipinski definition) is 1. The Balaban J connectivity index is 1.38. The molecule has 0 radical (unpaired) electrons. The Bertz CT molecular complexity index is 2460. The molecule has 2 aliphatic heterocycles. The van der Waals surface area contributed by atoms with Crippen molar-refractivity contribution in [3.8, 4) is 5.75 Å². The number of nitrogens with zero attached hydrogens (tertiary/aromatic N) is 8. The number of phenolic OH excluding ortho intramolecular Hbond substituents is 1. The molecule has 0 bridgehead atoms. The van der Waals surface area contributed by atoms with Crippen LogP contribution in [-0.2, 0) is 25.6 Å². The number of amides is 4. The predicted molar refractivity (Wildman–Crippen MR) is 213 cm³/mol. The van der Waals surface area contributed by atoms with E-state index in [0.717, 1.165) is 34.1 Å². The average Bonchev–Trinajstić information content (AvgIpc) is 3.60. The van der Waals surface area contributed by atoms with Gasteiger partial charge in [0, 0.05) is 63.9 Å². The Morgan fingerprint density at radius 3 is 1.58 bits per heavy atom. The van der Waals surface area contributed by atoms with Crippen LogP contribution in [0.2, 0.25) is 0 Å². The molecule has 6 unspecified atom stereocenters. The minimum atomic E-state index is -1.29. The summed E-state index contributed by atoms with van der Waals surface area (Å²) in [5.41, 5.74) is -3.53. The van der Waals surface area contributed by atoms with Gasteiger partial charge < -0.3 is 14.9 Å². The smallest absolute Gasteiger partial charge is 0.301 e. The van der Waals surface area contributed by atoms with E-state index in [1.165, 1.54) is 34.3 Å². The summed E-state index contributed by atoms with van der Waals surface area (Å²) in [6, 6.07) is 8.39. The van der Waals surface area contributed by atoms with Gasteiger partial charge in [-0.05, 0) is 30.7 Å². The summed E-state index contributed by atoms with van der Waals surface area (Å²) < 4.78 is 0. The molecule has 0 spiro atoms. The number of phenols is 1. The number of rotatable bonds is 11. The number of aromatic hydroxyl groups is 1. The van der Waals surface area contributed by atoms with Gasteiger partial charge in [-0.2, -0.15) is 0 Å². The number of imide groups is 2. The number of fused-ring (bicyclic) bond motifs is 4. The fourth-order valence-corrected chi connectivity index (χ4v) is 9.54. The molecule has 0 aromatic heterocycles. The molecule has 2 heterocycles. The lowest BCUT2D eigenvalue weighted by Gasteiger charge is -2.44. The zero-order valence-electron chi connectivity index (χ0n) is 32.4. The molecule has 310 valence electrons. The van der Waals surface area contributed by atoms with Crippen LogP contribution in [0.5, 0.6) is 5.75 Å². The largest absolute Gasteiger partial charge is 0.507 e. The van der Waals surface area contributed by atoms with Crippen molar-refractivity contribution in [3.63, 3.8) is 0 Å². The van der Waals surface area contributed by atoms with Gasteiger partial charge in [0.15, 0.2) is 11.4 Å². The first-order valence-electron chi connectivity index (χ1n) is 18.5. The van der Waals surface area contributed by atoms with E-state index in [2.05, 4.69) is 6.58 Å². The van der Waals surface area contributed by atoms with E-state index in [4.69, 9.17) is 0 Å². The number of carbonyl (C=O) groups excluding carboxylic acids is 4. The second-order valence-corrected chi connectivity index (χ2v) is 15.4. The van der Waals surface area contributed by atoms with Crippen molar-refractivity contribution >= 4 is 69.1 Å². The summed E-state index contributed by atoms with van der Waals surface area (Å²) >= 11 is 0. The maximum Gasteiger partial charge on any atom is 0.301 e. The molecule has 3 aromatic carbocycles. The lowest BCUT2D eigenvalue weighted by molar-refractivity contribution is -0.392. The second-order valence-electron chi connectivity index (χ2n) is 15.4. The monoisotopic (exact) mass is 824 g/mol. The molecule has 6 atom stereocenters. The van der Waals surface area contributed by atoms with E-state index in [-0.39, 0.29) is 42.0 Å². The number of para-hydroxylation sites is 1. The molecule has 4 aliphatic rings. The molecule has 21 nitrogen and oxygen atoms in total. The third kappa shape index (κ3) is 6.07. The molecule has 7 rings (SSSR count). The van der Waals surface area contributed by atoms with Gasteiger partial charge >= 0.3 is 22.7 Å². The third-order valence-corrected chi connectivity index (χ3v) is 11.8. The van der Waals surface area contributed by atoms with Crippen molar-refractivity contribution in [3.05, 3.63) is 118 Å². The maximum absolute atomic E-state index is 14.7. The van der Waals surface area contributed by atoms with E-state index in [1.54, 1.807) is 24.3 Å². The van der Waals surface area contributed by atoms with E-state index < -0.39 is 113 Å². The molecule has 3 fully saturated rings. The quantitative estimate of drug-likeness (QED) is 0.116. The van der Waals surface area contributed by atoms with E-state index >= 15 is 0 Å². The molecule has 21 heteroatoms. The number of hydrogen-bond acceptors (Lipinski definition) is 15. The molecule has 2 saturated heterocycles. The fourth-order valence-electron chi connectivity index (χ4n) is 9.54. The van der Waals surface area contributed by atoms with Gasteiger partial charge in [-0.25, -0.2) is 9.80 Å². The number of carbonyl (C=O) groups is 4. The summed E-state index contributed by atoms with van der Waals surface area (Å²) in [6.07, 6.45) is 3.08. The standard InChI is InChI=1S/C39H36N8O13/c1-6-8-18-9-7-10-22(35(18)48)30-21-11-12-23-31(38(51)42(36(23)49)19-13-26(44(53)54)33(40(2)3)27(14-19)45(55)56)24(21)17-25-32(30)39(52)43(37(25)50)20-15-28(46(57)58)34(41(4)5)29(16-20)47(59)60/h6-7,9-11,13-16,23-25,30-32,48H,1,8,12,17H2,2-5H3. The van der Waals surface area contributed by atoms with Crippen LogP contribution in [0.4, 0.5) is 45.5 Å². The summed E-state index contributed by atoms with van der Waals surface area (Å²) in [4.78, 5) is 107. The van der Waals surface area contributed by atoms with Crippen molar-refractivity contribution in [2.45, 2.75) is 25.2 Å². The average molecular weight is 825 g/mol. The van der Waals surface area contributed by atoms with Crippen LogP contribution >= 0.6 is 0 Å². The van der Waals surface area contributed by atoms with Gasteiger partial charge in [0.25, 0.3) is 0 Å². The molecular weight excluding hydrogens is 788 g/mol. The van der Waals surface area contributed by atoms with Crippen LogP contribution in [0.3, 0.4) is 0 Å². The number of anilines is 4. The number of nitro benzene ring substituents is 4. The van der Waals surface area contributed by atoms with Crippen LogP contribution in [0, 0.1) is 70.0 Å². The molecular formula is C39H36N8O13. The molecule has 4 amide bonds. The van der Waals surface area contributed by atoms with Crippen molar-refractivity contribution in [2.24, 2.45) is 29.6 Å². The number of nitro groups is 4. The summed E-state index contributed by atoms with van der Waals surface area (Å²) in [7, 11) is 5.43. The van der Waals surface area contributed by atoms with Gasteiger partial charge in [-0.3, -0.25) is 59.6 Å². The van der Waals surface area contributed by atoms with Gasteiger partial charge in [-0.15, -0.1) is 6.58 Å². The van der Waals surface area contributed by atoms with Crippen molar-refractivity contribution in [1.82, 2.24) is 0 Å². The molecule has 60 heavy (non-hydrogen) atoms. The van der Waals surface area contributed by atoms with Gasteiger partial charge in [-0.1, -0.05) is 35.9 Å². The highest BCUT2D eigenvalue weighted by atomic mass is 16.6. The summed E-state index contributed by atoms with van der Waals surface area (Å²) in [5, 5.41) is 60.5. The summed E-state index contributed by atoms with van der Waals surface area (Å²) in [6.45, 7) is 3.73. The normalized spacial score (nSPS) is 23.1. The lowest BCUT2D eigenvalue weighted by atomic mass is 9.57. The lowest BCUT2D eigenvalue weighted by Crippen LogP contribution is -2.43. The molecule has 1 saturated carbocycles. The van der Waals surface area contributed by atoms with Gasteiger partial charge in [0.1, 0.15) is 5.75 Å². The Morgan fingerprint density at radius 1 is 0.700 bits per heavy atom. The zero-order valence-corrected chi connectivity index (χ0v) is 32.4. The first-order chi connectivity index (χ1) is 28.3. The highest BCUT2D eigenvalue weighted by Crippen LogP contribution is 2.60. The number of allylic oxidation sites excluding steroid dienone is 3. The van der Waals surface area contributed by atoms with Gasteiger partial charge in [0.2, 0.25) is 23.6 Å². The van der Waals surface area contributed by atoms with Crippen LogP contribution in [0.25, 0.3) is 0 Å². The molecule has 1 N–H and O–H groups in total. The van der Waals surface area contributed by atoms with Crippen molar-refractivity contribution in [2.75, 3.05) is 47.8 Å². The second kappa shape index (κ2) is 14.7. The first kappa shape index (κ1) is 40.6. The van der Waals surface area contributed by atoms with Crippen molar-refractivity contribution in [1.29, 1.82) is 0 Å². The Labute approximate surface area is 339 Å². The topological polar surface area (TPSA) is 274 Å². The minimum Gasteiger partial charge on any atom is -0.507 e. The van der Waals surface area contributed by atoms with Crippen LogP contribution in [0.15, 0.2) is 66.8 Å². The van der Waals surface area contributed by atoms with Gasteiger partial charge in [0.05, 0.1) is 54.7 Å². The molecule has 3 aromatic rings. The minimum absolute atomic E-state index is 0.0885. The van der Waals surface area contributed by atoms with Crippen LogP contribution in [0.1, 0.15) is 29.9 Å².